The second-order valence-corrected chi connectivity index (χ2v) is 6.59. The van der Waals surface area contributed by atoms with Gasteiger partial charge in [-0.05, 0) is 17.7 Å². The van der Waals surface area contributed by atoms with E-state index in [2.05, 4.69) is 31.5 Å². The number of amides is 1. The van der Waals surface area contributed by atoms with E-state index in [1.807, 2.05) is 18.2 Å². The molecule has 2 aromatic carbocycles. The highest BCUT2D eigenvalue weighted by Gasteiger charge is 2.20. The molecule has 2 N–H and O–H groups in total. The van der Waals surface area contributed by atoms with Crippen LogP contribution in [0.5, 0.6) is 17.2 Å². The van der Waals surface area contributed by atoms with Gasteiger partial charge in [-0.15, -0.1) is 0 Å². The van der Waals surface area contributed by atoms with Crippen molar-refractivity contribution in [2.45, 2.75) is 12.5 Å². The molecule has 0 bridgehead atoms. The van der Waals surface area contributed by atoms with Crippen LogP contribution in [0.4, 0.5) is 0 Å². The van der Waals surface area contributed by atoms with Crippen molar-refractivity contribution < 1.29 is 23.9 Å². The van der Waals surface area contributed by atoms with E-state index >= 15 is 0 Å². The van der Waals surface area contributed by atoms with E-state index in [0.29, 0.717) is 29.4 Å². The molecule has 2 aromatic rings. The molecule has 0 aliphatic rings. The molecule has 0 spiro atoms. The van der Waals surface area contributed by atoms with Crippen molar-refractivity contribution in [3.8, 4) is 17.2 Å². The van der Waals surface area contributed by atoms with Gasteiger partial charge in [0.15, 0.2) is 11.5 Å². The summed E-state index contributed by atoms with van der Waals surface area (Å²) < 4.78 is 16.0. The fraction of sp³-hybridized carbons (Fsp3) is 0.381. The molecular weight excluding hydrogens is 344 g/mol. The van der Waals surface area contributed by atoms with Crippen molar-refractivity contribution in [2.24, 2.45) is 0 Å². The molecule has 6 nitrogen and oxygen atoms in total. The number of hydrogen-bond donors (Lipinski definition) is 2. The van der Waals surface area contributed by atoms with Crippen LogP contribution in [-0.2, 0) is 6.42 Å². The third kappa shape index (κ3) is 5.37. The number of carbonyl (C=O) groups is 1. The topological polar surface area (TPSA) is 61.2 Å². The Morgan fingerprint density at radius 1 is 1.00 bits per heavy atom. The Balaban J connectivity index is 2.11. The fourth-order valence-corrected chi connectivity index (χ4v) is 2.91. The zero-order valence-corrected chi connectivity index (χ0v) is 16.7. The molecule has 0 aromatic heterocycles. The van der Waals surface area contributed by atoms with Gasteiger partial charge in [-0.25, -0.2) is 0 Å². The summed E-state index contributed by atoms with van der Waals surface area (Å²) in [4.78, 5) is 14.0. The summed E-state index contributed by atoms with van der Waals surface area (Å²) in [5, 5.41) is 3.03. The first-order valence-corrected chi connectivity index (χ1v) is 8.92. The lowest BCUT2D eigenvalue weighted by molar-refractivity contribution is -0.884. The summed E-state index contributed by atoms with van der Waals surface area (Å²) in [7, 11) is 8.79. The van der Waals surface area contributed by atoms with Gasteiger partial charge in [0, 0.05) is 12.0 Å². The Morgan fingerprint density at radius 3 is 2.07 bits per heavy atom. The first-order valence-electron chi connectivity index (χ1n) is 8.92. The van der Waals surface area contributed by atoms with Crippen LogP contribution >= 0.6 is 0 Å². The fourth-order valence-electron chi connectivity index (χ4n) is 2.91. The minimum absolute atomic E-state index is 0.173. The highest BCUT2D eigenvalue weighted by molar-refractivity contribution is 5.95. The van der Waals surface area contributed by atoms with E-state index in [0.717, 1.165) is 6.42 Å². The number of carbonyl (C=O) groups excluding carboxylic acids is 1. The van der Waals surface area contributed by atoms with Crippen LogP contribution in [0.3, 0.4) is 0 Å². The molecule has 0 radical (unpaired) electrons. The quantitative estimate of drug-likeness (QED) is 0.693. The second-order valence-electron chi connectivity index (χ2n) is 6.59. The lowest BCUT2D eigenvalue weighted by Crippen LogP contribution is -3.11. The van der Waals surface area contributed by atoms with E-state index < -0.39 is 0 Å². The molecule has 0 saturated heterocycles. The summed E-state index contributed by atoms with van der Waals surface area (Å²) in [6.45, 7) is 0.562. The maximum Gasteiger partial charge on any atom is 0.251 e. The van der Waals surface area contributed by atoms with Gasteiger partial charge in [-0.1, -0.05) is 30.3 Å². The molecule has 0 aliphatic carbocycles. The van der Waals surface area contributed by atoms with Gasteiger partial charge in [0.1, 0.15) is 6.04 Å². The van der Waals surface area contributed by atoms with Gasteiger partial charge < -0.3 is 24.4 Å². The van der Waals surface area contributed by atoms with E-state index in [1.165, 1.54) is 31.8 Å². The first-order chi connectivity index (χ1) is 13.0. The van der Waals surface area contributed by atoms with Crippen LogP contribution in [-0.4, -0.2) is 53.9 Å². The highest BCUT2D eigenvalue weighted by atomic mass is 16.5. The molecule has 6 heteroatoms. The first kappa shape index (κ1) is 20.6. The maximum atomic E-state index is 12.7. The largest absolute Gasteiger partial charge is 0.493 e. The third-order valence-electron chi connectivity index (χ3n) is 4.58. The average molecular weight is 373 g/mol. The minimum Gasteiger partial charge on any atom is -0.493 e. The molecule has 27 heavy (non-hydrogen) atoms. The van der Waals surface area contributed by atoms with Gasteiger partial charge in [0.25, 0.3) is 5.91 Å². The molecule has 0 unspecified atom stereocenters. The van der Waals surface area contributed by atoms with Gasteiger partial charge >= 0.3 is 0 Å². The molecule has 0 saturated carbocycles. The third-order valence-corrected chi connectivity index (χ3v) is 4.58. The van der Waals surface area contributed by atoms with Crippen LogP contribution in [0.15, 0.2) is 42.5 Å². The summed E-state index contributed by atoms with van der Waals surface area (Å²) >= 11 is 0. The van der Waals surface area contributed by atoms with Crippen molar-refractivity contribution in [3.05, 3.63) is 53.6 Å². The molecule has 0 fully saturated rings. The Kier molecular flexibility index (Phi) is 7.49. The number of ether oxygens (including phenoxy) is 3. The molecule has 1 atom stereocenters. The van der Waals surface area contributed by atoms with Crippen LogP contribution in [0, 0.1) is 0 Å². The summed E-state index contributed by atoms with van der Waals surface area (Å²) in [5.74, 6) is 1.21. The van der Waals surface area contributed by atoms with Crippen molar-refractivity contribution in [3.63, 3.8) is 0 Å². The van der Waals surface area contributed by atoms with Crippen molar-refractivity contribution in [1.82, 2.24) is 5.32 Å². The van der Waals surface area contributed by atoms with Gasteiger partial charge in [0.05, 0.1) is 42.0 Å². The number of benzene rings is 2. The van der Waals surface area contributed by atoms with E-state index in [-0.39, 0.29) is 11.9 Å². The number of hydrogen-bond acceptors (Lipinski definition) is 4. The van der Waals surface area contributed by atoms with E-state index in [4.69, 9.17) is 14.2 Å². The zero-order valence-electron chi connectivity index (χ0n) is 16.7. The molecule has 0 heterocycles. The van der Waals surface area contributed by atoms with Gasteiger partial charge in [-0.3, -0.25) is 4.79 Å². The summed E-state index contributed by atoms with van der Waals surface area (Å²) in [5.41, 5.74) is 1.72. The van der Waals surface area contributed by atoms with Crippen LogP contribution < -0.4 is 24.4 Å². The molecule has 0 aliphatic heterocycles. The summed E-state index contributed by atoms with van der Waals surface area (Å²) in [6.07, 6.45) is 0.888. The van der Waals surface area contributed by atoms with E-state index in [1.54, 1.807) is 12.1 Å². The standard InChI is InChI=1S/C21H28N2O4/c1-23(2)17(11-15-9-7-6-8-10-15)14-22-21(24)16-12-18(25-3)20(27-5)19(13-16)26-4/h6-10,12-13,17H,11,14H2,1-5H3,(H,22,24)/p+1/t17-/m1/s1. The predicted octanol–water partition coefficient (Wildman–Crippen LogP) is 1.20. The van der Waals surface area contributed by atoms with Crippen molar-refractivity contribution >= 4 is 5.91 Å². The van der Waals surface area contributed by atoms with E-state index in [9.17, 15) is 4.79 Å². The number of nitrogens with one attached hydrogen (secondary N) is 2. The Morgan fingerprint density at radius 2 is 1.59 bits per heavy atom. The number of rotatable bonds is 9. The Labute approximate surface area is 161 Å². The molecule has 146 valence electrons. The Hall–Kier alpha value is -2.73. The number of methoxy groups -OCH3 is 3. The summed E-state index contributed by atoms with van der Waals surface area (Å²) in [6, 6.07) is 13.9. The van der Waals surface area contributed by atoms with Crippen LogP contribution in [0.25, 0.3) is 0 Å². The maximum absolute atomic E-state index is 12.7. The SMILES string of the molecule is COc1cc(C(=O)NC[C@@H](Cc2ccccc2)[NH+](C)C)cc(OC)c1OC. The van der Waals surface area contributed by atoms with Crippen molar-refractivity contribution in [1.29, 1.82) is 0 Å². The van der Waals surface area contributed by atoms with Gasteiger partial charge in [-0.2, -0.15) is 0 Å². The lowest BCUT2D eigenvalue weighted by Gasteiger charge is -2.22. The zero-order chi connectivity index (χ0) is 19.8. The van der Waals surface area contributed by atoms with Gasteiger partial charge in [0.2, 0.25) is 5.75 Å². The minimum atomic E-state index is -0.173. The van der Waals surface area contributed by atoms with Crippen molar-refractivity contribution in [2.75, 3.05) is 42.0 Å². The van der Waals surface area contributed by atoms with Crippen LogP contribution in [0.2, 0.25) is 0 Å². The average Bonchev–Trinajstić information content (AvgIpc) is 2.70. The number of likely N-dealkylation sites (N-methyl/N-ethyl adjacent to an activating group) is 1. The second kappa shape index (κ2) is 9.83. The lowest BCUT2D eigenvalue weighted by atomic mass is 10.0. The highest BCUT2D eigenvalue weighted by Crippen LogP contribution is 2.38. The molecule has 1 amide bonds. The Bertz CT molecular complexity index is 722. The monoisotopic (exact) mass is 373 g/mol. The number of quaternary nitrogens is 1. The normalized spacial score (nSPS) is 11.8. The molecular formula is C21H29N2O4+. The smallest absolute Gasteiger partial charge is 0.251 e. The molecule has 2 rings (SSSR count). The van der Waals surface area contributed by atoms with Crippen LogP contribution in [0.1, 0.15) is 15.9 Å². The predicted molar refractivity (Wildman–Crippen MR) is 105 cm³/mol.